The molecule has 0 bridgehead atoms. The molecule has 0 atom stereocenters. The van der Waals surface area contributed by atoms with Crippen LogP contribution < -0.4 is 0 Å². The van der Waals surface area contributed by atoms with Crippen molar-refractivity contribution in [1.82, 2.24) is 14.8 Å². The number of amides is 1. The summed E-state index contributed by atoms with van der Waals surface area (Å²) in [5.74, 6) is -0.0836. The van der Waals surface area contributed by atoms with Crippen LogP contribution in [0.2, 0.25) is 0 Å². The van der Waals surface area contributed by atoms with Crippen molar-refractivity contribution >= 4 is 15.7 Å². The summed E-state index contributed by atoms with van der Waals surface area (Å²) in [6, 6.07) is 10.4. The number of pyridine rings is 1. The SMILES string of the molecule is COCCN(C(=O)c1ccc(S(C)(=O)=O)cc1)C1CCN(Cc2ccncc2)CC1. The second-order valence-electron chi connectivity index (χ2n) is 7.65. The number of sulfone groups is 1. The minimum absolute atomic E-state index is 0.0836. The fraction of sp³-hybridized carbons (Fsp3) is 0.455. The van der Waals surface area contributed by atoms with E-state index in [9.17, 15) is 13.2 Å². The highest BCUT2D eigenvalue weighted by Crippen LogP contribution is 2.21. The van der Waals surface area contributed by atoms with Crippen LogP contribution in [0.1, 0.15) is 28.8 Å². The summed E-state index contributed by atoms with van der Waals surface area (Å²) in [6.45, 7) is 3.68. The zero-order valence-corrected chi connectivity index (χ0v) is 18.3. The highest BCUT2D eigenvalue weighted by atomic mass is 32.2. The molecule has 1 aliphatic heterocycles. The van der Waals surface area contributed by atoms with E-state index in [1.54, 1.807) is 19.2 Å². The maximum absolute atomic E-state index is 13.2. The Balaban J connectivity index is 1.66. The van der Waals surface area contributed by atoms with E-state index in [2.05, 4.69) is 9.88 Å². The number of hydrogen-bond acceptors (Lipinski definition) is 6. The number of aromatic nitrogens is 1. The van der Waals surface area contributed by atoms with Crippen molar-refractivity contribution in [2.24, 2.45) is 0 Å². The third-order valence-corrected chi connectivity index (χ3v) is 6.61. The molecule has 0 aliphatic carbocycles. The zero-order chi connectivity index (χ0) is 21.6. The van der Waals surface area contributed by atoms with Gasteiger partial charge in [-0.1, -0.05) is 0 Å². The predicted molar refractivity (Wildman–Crippen MR) is 115 cm³/mol. The Labute approximate surface area is 178 Å². The second kappa shape index (κ2) is 10.1. The van der Waals surface area contributed by atoms with Gasteiger partial charge in [-0.3, -0.25) is 14.7 Å². The fourth-order valence-electron chi connectivity index (χ4n) is 3.79. The van der Waals surface area contributed by atoms with E-state index >= 15 is 0 Å². The van der Waals surface area contributed by atoms with Gasteiger partial charge in [0, 0.05) is 63.5 Å². The number of nitrogens with zero attached hydrogens (tertiary/aromatic N) is 3. The quantitative estimate of drug-likeness (QED) is 0.638. The van der Waals surface area contributed by atoms with E-state index in [1.165, 1.54) is 17.7 Å². The summed E-state index contributed by atoms with van der Waals surface area (Å²) in [5.41, 5.74) is 1.74. The Morgan fingerprint density at radius 2 is 1.77 bits per heavy atom. The van der Waals surface area contributed by atoms with E-state index in [1.807, 2.05) is 29.4 Å². The summed E-state index contributed by atoms with van der Waals surface area (Å²) < 4.78 is 28.6. The van der Waals surface area contributed by atoms with Gasteiger partial charge in [0.25, 0.3) is 5.91 Å². The second-order valence-corrected chi connectivity index (χ2v) is 9.67. The number of carbonyl (C=O) groups is 1. The monoisotopic (exact) mass is 431 g/mol. The van der Waals surface area contributed by atoms with Crippen LogP contribution in [0.5, 0.6) is 0 Å². The molecule has 1 fully saturated rings. The standard InChI is InChI=1S/C22H29N3O4S/c1-29-16-15-25(22(26)19-3-5-21(6-4-19)30(2,27)28)20-9-13-24(14-10-20)17-18-7-11-23-12-8-18/h3-8,11-12,20H,9-10,13-17H2,1-2H3. The van der Waals surface area contributed by atoms with Gasteiger partial charge in [-0.2, -0.15) is 0 Å². The molecule has 0 unspecified atom stereocenters. The van der Waals surface area contributed by atoms with Gasteiger partial charge in [-0.25, -0.2) is 8.42 Å². The number of ether oxygens (including phenoxy) is 1. The Bertz CT molecular complexity index is 925. The van der Waals surface area contributed by atoms with Crippen LogP contribution in [0.25, 0.3) is 0 Å². The Kier molecular flexibility index (Phi) is 7.58. The van der Waals surface area contributed by atoms with Crippen molar-refractivity contribution < 1.29 is 17.9 Å². The van der Waals surface area contributed by atoms with Crippen molar-refractivity contribution in [3.8, 4) is 0 Å². The normalized spacial score (nSPS) is 15.8. The number of piperidine rings is 1. The molecular weight excluding hydrogens is 402 g/mol. The van der Waals surface area contributed by atoms with Gasteiger partial charge < -0.3 is 9.64 Å². The van der Waals surface area contributed by atoms with Crippen LogP contribution in [0.4, 0.5) is 0 Å². The summed E-state index contributed by atoms with van der Waals surface area (Å²) in [6.07, 6.45) is 6.56. The lowest BCUT2D eigenvalue weighted by Gasteiger charge is -2.38. The Morgan fingerprint density at radius 3 is 2.33 bits per heavy atom. The van der Waals surface area contributed by atoms with E-state index in [-0.39, 0.29) is 16.8 Å². The molecule has 2 heterocycles. The molecule has 162 valence electrons. The average molecular weight is 432 g/mol. The molecule has 1 aliphatic rings. The van der Waals surface area contributed by atoms with Crippen molar-refractivity contribution in [1.29, 1.82) is 0 Å². The first-order valence-corrected chi connectivity index (χ1v) is 12.0. The lowest BCUT2D eigenvalue weighted by Crippen LogP contribution is -2.48. The summed E-state index contributed by atoms with van der Waals surface area (Å²) >= 11 is 0. The fourth-order valence-corrected chi connectivity index (χ4v) is 4.42. The molecular formula is C22H29N3O4S. The van der Waals surface area contributed by atoms with Gasteiger partial charge in [-0.05, 0) is 54.8 Å². The van der Waals surface area contributed by atoms with Crippen LogP contribution in [-0.4, -0.2) is 74.8 Å². The Hall–Kier alpha value is -2.29. The molecule has 1 saturated heterocycles. The van der Waals surface area contributed by atoms with E-state index in [0.717, 1.165) is 38.7 Å². The molecule has 7 nitrogen and oxygen atoms in total. The van der Waals surface area contributed by atoms with Gasteiger partial charge in [0.15, 0.2) is 9.84 Å². The highest BCUT2D eigenvalue weighted by Gasteiger charge is 2.28. The molecule has 0 N–H and O–H groups in total. The van der Waals surface area contributed by atoms with Crippen LogP contribution in [0.15, 0.2) is 53.7 Å². The van der Waals surface area contributed by atoms with Gasteiger partial charge in [0.1, 0.15) is 0 Å². The maximum Gasteiger partial charge on any atom is 0.254 e. The van der Waals surface area contributed by atoms with E-state index in [0.29, 0.717) is 18.7 Å². The molecule has 1 aromatic heterocycles. The number of carbonyl (C=O) groups excluding carboxylic acids is 1. The van der Waals surface area contributed by atoms with Gasteiger partial charge in [-0.15, -0.1) is 0 Å². The average Bonchev–Trinajstić information content (AvgIpc) is 2.75. The van der Waals surface area contributed by atoms with Crippen molar-refractivity contribution in [3.05, 3.63) is 59.9 Å². The predicted octanol–water partition coefficient (Wildman–Crippen LogP) is 2.24. The lowest BCUT2D eigenvalue weighted by molar-refractivity contribution is 0.0478. The smallest absolute Gasteiger partial charge is 0.254 e. The minimum Gasteiger partial charge on any atom is -0.383 e. The van der Waals surface area contributed by atoms with Gasteiger partial charge in [0.05, 0.1) is 11.5 Å². The highest BCUT2D eigenvalue weighted by molar-refractivity contribution is 7.90. The molecule has 0 radical (unpaired) electrons. The molecule has 1 aromatic carbocycles. The van der Waals surface area contributed by atoms with Crippen molar-refractivity contribution in [2.45, 2.75) is 30.3 Å². The van der Waals surface area contributed by atoms with Crippen molar-refractivity contribution in [3.63, 3.8) is 0 Å². The van der Waals surface area contributed by atoms with Crippen LogP contribution in [0.3, 0.4) is 0 Å². The molecule has 2 aromatic rings. The molecule has 1 amide bonds. The van der Waals surface area contributed by atoms with Crippen molar-refractivity contribution in [2.75, 3.05) is 39.6 Å². The molecule has 3 rings (SSSR count). The molecule has 30 heavy (non-hydrogen) atoms. The zero-order valence-electron chi connectivity index (χ0n) is 17.5. The Morgan fingerprint density at radius 1 is 1.13 bits per heavy atom. The van der Waals surface area contributed by atoms with Gasteiger partial charge >= 0.3 is 0 Å². The first-order chi connectivity index (χ1) is 14.4. The topological polar surface area (TPSA) is 79.8 Å². The first kappa shape index (κ1) is 22.4. The summed E-state index contributed by atoms with van der Waals surface area (Å²) in [5, 5.41) is 0. The third kappa shape index (κ3) is 5.87. The first-order valence-electron chi connectivity index (χ1n) is 10.1. The number of likely N-dealkylation sites (tertiary alicyclic amines) is 1. The van der Waals surface area contributed by atoms with E-state index < -0.39 is 9.84 Å². The van der Waals surface area contributed by atoms with Gasteiger partial charge in [0.2, 0.25) is 0 Å². The maximum atomic E-state index is 13.2. The molecule has 0 saturated carbocycles. The van der Waals surface area contributed by atoms with E-state index in [4.69, 9.17) is 4.74 Å². The number of hydrogen-bond donors (Lipinski definition) is 0. The largest absolute Gasteiger partial charge is 0.383 e. The van der Waals surface area contributed by atoms with Crippen LogP contribution in [-0.2, 0) is 21.1 Å². The number of rotatable bonds is 8. The molecule has 0 spiro atoms. The summed E-state index contributed by atoms with van der Waals surface area (Å²) in [4.78, 5) is 21.7. The summed E-state index contributed by atoms with van der Waals surface area (Å²) in [7, 11) is -1.66. The lowest BCUT2D eigenvalue weighted by atomic mass is 10.0. The third-order valence-electron chi connectivity index (χ3n) is 5.48. The number of methoxy groups -OCH3 is 1. The molecule has 8 heteroatoms. The number of benzene rings is 1. The van der Waals surface area contributed by atoms with Crippen LogP contribution in [0, 0.1) is 0 Å². The van der Waals surface area contributed by atoms with Crippen LogP contribution >= 0.6 is 0 Å². The minimum atomic E-state index is -3.29.